The van der Waals surface area contributed by atoms with Crippen LogP contribution in [0.25, 0.3) is 0 Å². The Labute approximate surface area is 185 Å². The average Bonchev–Trinajstić information content (AvgIpc) is 2.81. The molecule has 3 aromatic carbocycles. The Morgan fingerprint density at radius 3 is 2.16 bits per heavy atom. The normalized spacial score (nSPS) is 12.5. The Balaban J connectivity index is 1.68. The first-order chi connectivity index (χ1) is 15.6. The summed E-state index contributed by atoms with van der Waals surface area (Å²) in [6.45, 7) is 0.404. The number of hydrogen-bond acceptors (Lipinski definition) is 7. The Hall–Kier alpha value is -3.75. The van der Waals surface area contributed by atoms with Crippen molar-refractivity contribution in [3.63, 3.8) is 0 Å². The van der Waals surface area contributed by atoms with Crippen LogP contribution in [0.3, 0.4) is 0 Å². The van der Waals surface area contributed by atoms with Crippen molar-refractivity contribution in [1.82, 2.24) is 0 Å². The third-order valence-electron chi connectivity index (χ3n) is 4.61. The van der Waals surface area contributed by atoms with E-state index < -0.39 is 23.3 Å². The van der Waals surface area contributed by atoms with Crippen LogP contribution < -0.4 is 4.74 Å². The van der Waals surface area contributed by atoms with E-state index in [1.54, 1.807) is 0 Å². The van der Waals surface area contributed by atoms with Crippen molar-refractivity contribution in [2.75, 3.05) is 13.7 Å². The Kier molecular flexibility index (Phi) is 8.30. The van der Waals surface area contributed by atoms with Gasteiger partial charge in [0.15, 0.2) is 6.10 Å². The molecular weight excluding hydrogens is 414 g/mol. The number of ether oxygens (including phenoxy) is 4. The second-order valence-corrected chi connectivity index (χ2v) is 6.83. The van der Waals surface area contributed by atoms with E-state index in [0.29, 0.717) is 6.61 Å². The number of methoxy groups -OCH3 is 1. The average molecular weight is 437 g/mol. The van der Waals surface area contributed by atoms with Gasteiger partial charge in [0, 0.05) is 19.2 Å². The summed E-state index contributed by atoms with van der Waals surface area (Å²) in [5.74, 6) is 0.123. The van der Waals surface area contributed by atoms with Crippen LogP contribution in [0.1, 0.15) is 17.2 Å². The summed E-state index contributed by atoms with van der Waals surface area (Å²) in [5, 5.41) is 10.8. The number of nitro benzene ring substituents is 1. The highest BCUT2D eigenvalue weighted by molar-refractivity contribution is 5.64. The maximum atomic E-state index is 12.4. The minimum absolute atomic E-state index is 0.0671. The van der Waals surface area contributed by atoms with Crippen molar-refractivity contribution in [3.05, 3.63) is 106 Å². The fourth-order valence-electron chi connectivity index (χ4n) is 3.08. The zero-order valence-corrected chi connectivity index (χ0v) is 17.5. The molecule has 0 fully saturated rings. The molecule has 0 amide bonds. The number of rotatable bonds is 10. The smallest absolute Gasteiger partial charge is 0.425 e. The van der Waals surface area contributed by atoms with Crippen molar-refractivity contribution in [1.29, 1.82) is 0 Å². The molecule has 3 aromatic rings. The minimum Gasteiger partial charge on any atom is -0.425 e. The number of nitrogens with zero attached hydrogens (tertiary/aromatic N) is 1. The van der Waals surface area contributed by atoms with Gasteiger partial charge in [-0.1, -0.05) is 60.7 Å². The van der Waals surface area contributed by atoms with Crippen LogP contribution in [0.15, 0.2) is 84.9 Å². The highest BCUT2D eigenvalue weighted by atomic mass is 16.7. The Morgan fingerprint density at radius 2 is 1.56 bits per heavy atom. The third-order valence-corrected chi connectivity index (χ3v) is 4.61. The number of nitro groups is 1. The fourth-order valence-corrected chi connectivity index (χ4v) is 3.08. The SMILES string of the molecule is COC(c1ccccc1)C(COCc1ccccc1)OC(=O)Oc1ccc([N+](=O)[O-])cc1. The number of hydrogen-bond donors (Lipinski definition) is 0. The Morgan fingerprint density at radius 1 is 0.938 bits per heavy atom. The van der Waals surface area contributed by atoms with Gasteiger partial charge in [-0.25, -0.2) is 4.79 Å². The zero-order chi connectivity index (χ0) is 22.8. The van der Waals surface area contributed by atoms with Crippen molar-refractivity contribution >= 4 is 11.8 Å². The molecule has 0 saturated carbocycles. The van der Waals surface area contributed by atoms with E-state index in [0.717, 1.165) is 11.1 Å². The van der Waals surface area contributed by atoms with Crippen LogP contribution in [-0.4, -0.2) is 30.9 Å². The maximum absolute atomic E-state index is 12.4. The highest BCUT2D eigenvalue weighted by Gasteiger charge is 2.28. The summed E-state index contributed by atoms with van der Waals surface area (Å²) < 4.78 is 22.1. The molecule has 0 radical (unpaired) electrons. The molecule has 2 unspecified atom stereocenters. The molecule has 0 aliphatic rings. The van der Waals surface area contributed by atoms with Crippen LogP contribution in [0.2, 0.25) is 0 Å². The number of non-ortho nitro benzene ring substituents is 1. The summed E-state index contributed by atoms with van der Waals surface area (Å²) >= 11 is 0. The van der Waals surface area contributed by atoms with Gasteiger partial charge >= 0.3 is 6.16 Å². The van der Waals surface area contributed by atoms with Crippen LogP contribution in [0.4, 0.5) is 10.5 Å². The highest BCUT2D eigenvalue weighted by Crippen LogP contribution is 2.25. The number of carbonyl (C=O) groups is 1. The van der Waals surface area contributed by atoms with Gasteiger partial charge in [0.1, 0.15) is 11.9 Å². The number of carbonyl (C=O) groups excluding carboxylic acids is 1. The standard InChI is InChI=1S/C24H23NO7/c1-29-23(19-10-6-3-7-11-19)22(17-30-16-18-8-4-2-5-9-18)32-24(26)31-21-14-12-20(13-15-21)25(27)28/h2-15,22-23H,16-17H2,1H3. The lowest BCUT2D eigenvalue weighted by molar-refractivity contribution is -0.384. The molecule has 0 aromatic heterocycles. The van der Waals surface area contributed by atoms with Gasteiger partial charge in [0.05, 0.1) is 18.1 Å². The van der Waals surface area contributed by atoms with Gasteiger partial charge < -0.3 is 18.9 Å². The molecule has 0 bridgehead atoms. The summed E-state index contributed by atoms with van der Waals surface area (Å²) in [4.78, 5) is 22.7. The molecule has 0 aliphatic heterocycles. The second-order valence-electron chi connectivity index (χ2n) is 6.83. The van der Waals surface area contributed by atoms with E-state index >= 15 is 0 Å². The summed E-state index contributed by atoms with van der Waals surface area (Å²) in [6, 6.07) is 24.1. The molecule has 0 heterocycles. The van der Waals surface area contributed by atoms with E-state index in [2.05, 4.69) is 0 Å². The van der Waals surface area contributed by atoms with Gasteiger partial charge in [-0.2, -0.15) is 0 Å². The summed E-state index contributed by atoms with van der Waals surface area (Å²) in [5.41, 5.74) is 1.68. The molecule has 166 valence electrons. The lowest BCUT2D eigenvalue weighted by atomic mass is 10.0. The van der Waals surface area contributed by atoms with Crippen molar-refractivity contribution < 1.29 is 28.7 Å². The van der Waals surface area contributed by atoms with Crippen molar-refractivity contribution in [2.24, 2.45) is 0 Å². The van der Waals surface area contributed by atoms with E-state index in [4.69, 9.17) is 18.9 Å². The van der Waals surface area contributed by atoms with Gasteiger partial charge in [0.25, 0.3) is 5.69 Å². The zero-order valence-electron chi connectivity index (χ0n) is 17.5. The quantitative estimate of drug-likeness (QED) is 0.189. The molecule has 2 atom stereocenters. The molecule has 8 nitrogen and oxygen atoms in total. The maximum Gasteiger partial charge on any atom is 0.514 e. The first-order valence-corrected chi connectivity index (χ1v) is 9.89. The monoisotopic (exact) mass is 437 g/mol. The van der Waals surface area contributed by atoms with Crippen LogP contribution >= 0.6 is 0 Å². The van der Waals surface area contributed by atoms with Crippen LogP contribution in [0.5, 0.6) is 5.75 Å². The third kappa shape index (κ3) is 6.63. The molecule has 0 aliphatic carbocycles. The molecule has 0 saturated heterocycles. The molecule has 0 spiro atoms. The van der Waals surface area contributed by atoms with E-state index in [9.17, 15) is 14.9 Å². The van der Waals surface area contributed by atoms with Gasteiger partial charge in [-0.15, -0.1) is 0 Å². The largest absolute Gasteiger partial charge is 0.514 e. The van der Waals surface area contributed by atoms with Gasteiger partial charge in [-0.05, 0) is 23.3 Å². The van der Waals surface area contributed by atoms with E-state index in [1.807, 2.05) is 60.7 Å². The molecule has 8 heteroatoms. The van der Waals surface area contributed by atoms with E-state index in [1.165, 1.54) is 31.4 Å². The molecular formula is C24H23NO7. The first-order valence-electron chi connectivity index (χ1n) is 9.89. The predicted octanol–water partition coefficient (Wildman–Crippen LogP) is 5.08. The number of benzene rings is 3. The second kappa shape index (κ2) is 11.6. The van der Waals surface area contributed by atoms with Crippen LogP contribution in [0, 0.1) is 10.1 Å². The minimum atomic E-state index is -0.967. The van der Waals surface area contributed by atoms with E-state index in [-0.39, 0.29) is 18.0 Å². The van der Waals surface area contributed by atoms with Gasteiger partial charge in [-0.3, -0.25) is 10.1 Å². The molecule has 0 N–H and O–H groups in total. The Bertz CT molecular complexity index is 994. The first kappa shape index (κ1) is 22.9. The fraction of sp³-hybridized carbons (Fsp3) is 0.208. The summed E-state index contributed by atoms with van der Waals surface area (Å²) in [6.07, 6.45) is -2.35. The molecule has 3 rings (SSSR count). The van der Waals surface area contributed by atoms with Crippen molar-refractivity contribution in [2.45, 2.75) is 18.8 Å². The van der Waals surface area contributed by atoms with Gasteiger partial charge in [0.2, 0.25) is 0 Å². The predicted molar refractivity (Wildman–Crippen MR) is 116 cm³/mol. The van der Waals surface area contributed by atoms with Crippen molar-refractivity contribution in [3.8, 4) is 5.75 Å². The molecule has 32 heavy (non-hydrogen) atoms. The lowest BCUT2D eigenvalue weighted by Gasteiger charge is -2.26. The van der Waals surface area contributed by atoms with Crippen LogP contribution in [-0.2, 0) is 20.8 Å². The summed E-state index contributed by atoms with van der Waals surface area (Å²) in [7, 11) is 1.52. The lowest BCUT2D eigenvalue weighted by Crippen LogP contribution is -2.32. The topological polar surface area (TPSA) is 97.1 Å².